The summed E-state index contributed by atoms with van der Waals surface area (Å²) in [5.41, 5.74) is 7.26. The maximum Gasteiger partial charge on any atom is 0.220 e. The molecule has 3 aliphatic rings. The van der Waals surface area contributed by atoms with Crippen molar-refractivity contribution in [3.8, 4) is 51.0 Å². The summed E-state index contributed by atoms with van der Waals surface area (Å²) in [5.74, 6) is 2.12. The number of para-hydroxylation sites is 1. The maximum atomic E-state index is 11.8. The number of ether oxygens (including phenoxy) is 3. The zero-order chi connectivity index (χ0) is 36.4. The second-order valence-electron chi connectivity index (χ2n) is 14.8. The Labute approximate surface area is 308 Å². The molecule has 1 spiro atoms. The maximum absolute atomic E-state index is 11.8. The second kappa shape index (κ2) is 13.1. The molecule has 3 fully saturated rings. The number of β-amino-alcohol motifs (C(OH)–C–C–N with tert-alkyl or cyclic N) is 1. The van der Waals surface area contributed by atoms with E-state index in [1.807, 2.05) is 61.1 Å². The number of carbonyl (C=O) groups excluding carboxylic acids is 1. The monoisotopic (exact) mass is 722 g/mol. The van der Waals surface area contributed by atoms with Crippen molar-refractivity contribution in [1.82, 2.24) is 29.9 Å². The van der Waals surface area contributed by atoms with E-state index in [1.54, 1.807) is 21.3 Å². The number of nitrogens with zero attached hydrogens (tertiary/aromatic N) is 5. The minimum absolute atomic E-state index is 0.0614. The van der Waals surface area contributed by atoms with E-state index in [0.29, 0.717) is 55.0 Å². The van der Waals surface area contributed by atoms with Gasteiger partial charge in [-0.2, -0.15) is 5.10 Å². The number of methoxy groups -OCH3 is 3. The Morgan fingerprint density at radius 1 is 0.885 bits per heavy atom. The highest BCUT2D eigenvalue weighted by atomic mass is 35.5. The van der Waals surface area contributed by atoms with Crippen LogP contribution >= 0.6 is 11.6 Å². The van der Waals surface area contributed by atoms with E-state index in [4.69, 9.17) is 35.9 Å². The molecule has 1 amide bonds. The lowest BCUT2D eigenvalue weighted by Crippen LogP contribution is -2.59. The molecule has 3 aliphatic heterocycles. The van der Waals surface area contributed by atoms with Gasteiger partial charge in [0.05, 0.1) is 48.7 Å². The van der Waals surface area contributed by atoms with Crippen molar-refractivity contribution in [2.45, 2.75) is 32.0 Å². The number of aryl methyl sites for hydroxylation is 1. The fourth-order valence-corrected chi connectivity index (χ4v) is 8.71. The predicted molar refractivity (Wildman–Crippen MR) is 201 cm³/mol. The first kappa shape index (κ1) is 34.4. The summed E-state index contributed by atoms with van der Waals surface area (Å²) in [5, 5.41) is 19.8. The summed E-state index contributed by atoms with van der Waals surface area (Å²) in [6.07, 6.45) is 0.600. The summed E-state index contributed by atoms with van der Waals surface area (Å²) in [7, 11) is 6.91. The minimum atomic E-state index is -0.669. The summed E-state index contributed by atoms with van der Waals surface area (Å²) >= 11 is 7.25. The fraction of sp³-hybridized carbons (Fsp3) is 0.375. The third-order valence-corrected chi connectivity index (χ3v) is 11.1. The van der Waals surface area contributed by atoms with Crippen LogP contribution in [-0.4, -0.2) is 95.2 Å². The molecule has 0 saturated carbocycles. The van der Waals surface area contributed by atoms with Crippen LogP contribution in [0.4, 0.5) is 0 Å². The Morgan fingerprint density at radius 3 is 2.21 bits per heavy atom. The minimum Gasteiger partial charge on any atom is -0.496 e. The van der Waals surface area contributed by atoms with Crippen LogP contribution in [0.15, 0.2) is 60.7 Å². The van der Waals surface area contributed by atoms with E-state index >= 15 is 0 Å². The molecule has 0 unspecified atom stereocenters. The number of carbonyl (C=O) groups is 1. The molecule has 8 rings (SSSR count). The first-order chi connectivity index (χ1) is 25.0. The normalized spacial score (nSPS) is 17.9. The molecule has 0 aliphatic carbocycles. The number of likely N-dealkylation sites (tertiary alicyclic amines) is 2. The van der Waals surface area contributed by atoms with E-state index in [9.17, 15) is 9.90 Å². The number of rotatable bonds is 10. The summed E-state index contributed by atoms with van der Waals surface area (Å²) in [4.78, 5) is 21.2. The van der Waals surface area contributed by atoms with Crippen molar-refractivity contribution in [1.29, 1.82) is 0 Å². The third kappa shape index (κ3) is 6.05. The molecule has 5 heterocycles. The SMILES string of the molecule is COc1cc(-c2nn(C)c3c(-c4cccc(-c5ccc(CN6CC7(CNC(=O)C7)C6)c(OC)n5)c4Cl)cccc23)cc(OC)c1CN1CC(C)(O)C1. The molecule has 11 nitrogen and oxygen atoms in total. The highest BCUT2D eigenvalue weighted by Gasteiger charge is 2.48. The van der Waals surface area contributed by atoms with E-state index in [-0.39, 0.29) is 11.3 Å². The lowest BCUT2D eigenvalue weighted by Gasteiger charge is -2.47. The molecule has 2 aromatic heterocycles. The molecular weight excluding hydrogens is 680 g/mol. The molecule has 0 atom stereocenters. The van der Waals surface area contributed by atoms with Gasteiger partial charge in [0.25, 0.3) is 0 Å². The van der Waals surface area contributed by atoms with E-state index in [1.165, 1.54) is 0 Å². The van der Waals surface area contributed by atoms with Crippen molar-refractivity contribution in [2.24, 2.45) is 12.5 Å². The van der Waals surface area contributed by atoms with Crippen LogP contribution in [0.5, 0.6) is 17.4 Å². The van der Waals surface area contributed by atoms with E-state index < -0.39 is 5.60 Å². The number of nitrogens with one attached hydrogen (secondary N) is 1. The van der Waals surface area contributed by atoms with Crippen LogP contribution in [0, 0.1) is 5.41 Å². The average Bonchev–Trinajstić information content (AvgIpc) is 3.67. The summed E-state index contributed by atoms with van der Waals surface area (Å²) in [6.45, 7) is 6.85. The molecule has 3 saturated heterocycles. The topological polar surface area (TPSA) is 114 Å². The molecular formula is C40H43ClN6O5. The van der Waals surface area contributed by atoms with Gasteiger partial charge in [0.1, 0.15) is 17.2 Å². The Morgan fingerprint density at radius 2 is 1.56 bits per heavy atom. The number of hydrogen-bond donors (Lipinski definition) is 2. The molecule has 12 heteroatoms. The molecule has 0 bridgehead atoms. The lowest BCUT2D eigenvalue weighted by molar-refractivity contribution is -0.120. The first-order valence-electron chi connectivity index (χ1n) is 17.5. The Balaban J connectivity index is 1.10. The number of halogens is 1. The zero-order valence-electron chi connectivity index (χ0n) is 30.1. The Hall–Kier alpha value is -4.68. The number of fused-ring (bicyclic) bond motifs is 1. The van der Waals surface area contributed by atoms with Gasteiger partial charge in [0, 0.05) is 97.9 Å². The Kier molecular flexibility index (Phi) is 8.65. The van der Waals surface area contributed by atoms with Crippen molar-refractivity contribution < 1.29 is 24.1 Å². The quantitative estimate of drug-likeness (QED) is 0.192. The molecule has 5 aromatic rings. The lowest BCUT2D eigenvalue weighted by atomic mass is 9.79. The number of aromatic nitrogens is 3. The van der Waals surface area contributed by atoms with Crippen LogP contribution in [0.2, 0.25) is 5.02 Å². The van der Waals surface area contributed by atoms with Crippen LogP contribution in [0.25, 0.3) is 44.5 Å². The van der Waals surface area contributed by atoms with Gasteiger partial charge in [0.2, 0.25) is 11.8 Å². The van der Waals surface area contributed by atoms with Gasteiger partial charge in [-0.1, -0.05) is 54.1 Å². The number of benzene rings is 3. The van der Waals surface area contributed by atoms with Gasteiger partial charge in [0.15, 0.2) is 0 Å². The highest BCUT2D eigenvalue weighted by molar-refractivity contribution is 6.36. The van der Waals surface area contributed by atoms with Crippen LogP contribution in [0.3, 0.4) is 0 Å². The number of pyridine rings is 1. The predicted octanol–water partition coefficient (Wildman–Crippen LogP) is 5.54. The first-order valence-corrected chi connectivity index (χ1v) is 17.9. The Bertz CT molecular complexity index is 2180. The van der Waals surface area contributed by atoms with E-state index in [2.05, 4.69) is 33.3 Å². The molecule has 3 aromatic carbocycles. The molecule has 0 radical (unpaired) electrons. The van der Waals surface area contributed by atoms with Gasteiger partial charge < -0.3 is 24.6 Å². The van der Waals surface area contributed by atoms with Crippen molar-refractivity contribution in [2.75, 3.05) is 54.1 Å². The van der Waals surface area contributed by atoms with Gasteiger partial charge in [-0.3, -0.25) is 19.3 Å². The van der Waals surface area contributed by atoms with Gasteiger partial charge in [-0.15, -0.1) is 0 Å². The van der Waals surface area contributed by atoms with Gasteiger partial charge >= 0.3 is 0 Å². The largest absolute Gasteiger partial charge is 0.496 e. The smallest absolute Gasteiger partial charge is 0.220 e. The van der Waals surface area contributed by atoms with E-state index in [0.717, 1.165) is 75.3 Å². The summed E-state index contributed by atoms with van der Waals surface area (Å²) in [6, 6.07) is 20.2. The number of amides is 1. The second-order valence-corrected chi connectivity index (χ2v) is 15.2. The number of aliphatic hydroxyl groups is 1. The highest BCUT2D eigenvalue weighted by Crippen LogP contribution is 2.44. The molecule has 270 valence electrons. The van der Waals surface area contributed by atoms with Crippen LogP contribution in [0.1, 0.15) is 24.5 Å². The van der Waals surface area contributed by atoms with Crippen molar-refractivity contribution in [3.63, 3.8) is 0 Å². The molecule has 52 heavy (non-hydrogen) atoms. The average molecular weight is 723 g/mol. The zero-order valence-corrected chi connectivity index (χ0v) is 30.9. The van der Waals surface area contributed by atoms with Gasteiger partial charge in [-0.25, -0.2) is 4.98 Å². The number of hydrogen-bond acceptors (Lipinski definition) is 9. The summed E-state index contributed by atoms with van der Waals surface area (Å²) < 4.78 is 19.4. The van der Waals surface area contributed by atoms with Crippen molar-refractivity contribution >= 4 is 28.4 Å². The van der Waals surface area contributed by atoms with Crippen molar-refractivity contribution in [3.05, 3.63) is 76.8 Å². The van der Waals surface area contributed by atoms with Gasteiger partial charge in [-0.05, 0) is 25.1 Å². The standard InChI is InChI=1S/C40H43ClN6O5/c1-39(49)20-47(21-39)18-30-32(50-3)14-25(15-33(30)51-4)36-29-11-7-9-27(37(29)45(2)44-36)26-8-6-10-28(35(26)41)31-13-12-24(38(43-31)52-5)17-46-22-40(23-46)16-34(48)42-19-40/h6-15,49H,16-23H2,1-5H3,(H,42,48). The van der Waals surface area contributed by atoms with Crippen LogP contribution in [-0.2, 0) is 24.9 Å². The van der Waals surface area contributed by atoms with Crippen LogP contribution < -0.4 is 19.5 Å². The fourth-order valence-electron chi connectivity index (χ4n) is 8.38. The molecule has 2 N–H and O–H groups in total. The third-order valence-electron chi connectivity index (χ3n) is 10.7.